The lowest BCUT2D eigenvalue weighted by Gasteiger charge is -2.28. The molecule has 1 heterocycles. The van der Waals surface area contributed by atoms with Gasteiger partial charge in [0.15, 0.2) is 0 Å². The number of aryl methyl sites for hydroxylation is 2. The molecule has 0 aromatic heterocycles. The molecule has 1 N–H and O–H groups in total. The summed E-state index contributed by atoms with van der Waals surface area (Å²) < 4.78 is 53.7. The smallest absolute Gasteiger partial charge is 0.236 e. The highest BCUT2D eigenvalue weighted by atomic mass is 32.2. The monoisotopic (exact) mass is 422 g/mol. The molecule has 0 spiro atoms. The third-order valence-corrected chi connectivity index (χ3v) is 8.13. The van der Waals surface area contributed by atoms with E-state index in [-0.39, 0.29) is 18.1 Å². The molecule has 152 valence electrons. The predicted molar refractivity (Wildman–Crippen MR) is 112 cm³/mol. The van der Waals surface area contributed by atoms with E-state index in [4.69, 9.17) is 0 Å². The molecule has 0 unspecified atom stereocenters. The van der Waals surface area contributed by atoms with Crippen LogP contribution in [0.15, 0.2) is 36.4 Å². The SMILES string of the molecule is CCS(=O)(=O)N1CCc2ccc(NS(=O)(=O)Cc3cc(C)ccc3C)cc2C1. The lowest BCUT2D eigenvalue weighted by molar-refractivity contribution is 0.392. The van der Waals surface area contributed by atoms with Gasteiger partial charge in [0.25, 0.3) is 0 Å². The van der Waals surface area contributed by atoms with Crippen molar-refractivity contribution in [2.45, 2.75) is 39.5 Å². The number of nitrogens with one attached hydrogen (secondary N) is 1. The molecule has 0 bridgehead atoms. The molecule has 2 aromatic carbocycles. The van der Waals surface area contributed by atoms with Gasteiger partial charge in [-0.15, -0.1) is 0 Å². The van der Waals surface area contributed by atoms with Crippen molar-refractivity contribution in [2.75, 3.05) is 17.0 Å². The fraction of sp³-hybridized carbons (Fsp3) is 0.400. The second-order valence-corrected chi connectivity index (χ2v) is 11.2. The van der Waals surface area contributed by atoms with Crippen LogP contribution >= 0.6 is 0 Å². The summed E-state index contributed by atoms with van der Waals surface area (Å²) in [5.41, 5.74) is 5.07. The van der Waals surface area contributed by atoms with Gasteiger partial charge in [-0.2, -0.15) is 4.31 Å². The van der Waals surface area contributed by atoms with Crippen molar-refractivity contribution in [3.05, 3.63) is 64.2 Å². The summed E-state index contributed by atoms with van der Waals surface area (Å²) in [5.74, 6) is -0.0432. The first-order valence-corrected chi connectivity index (χ1v) is 12.5. The molecular weight excluding hydrogens is 396 g/mol. The average Bonchev–Trinajstić information content (AvgIpc) is 2.63. The van der Waals surface area contributed by atoms with Gasteiger partial charge in [0.05, 0.1) is 11.5 Å². The zero-order valence-corrected chi connectivity index (χ0v) is 18.0. The molecule has 0 radical (unpaired) electrons. The number of nitrogens with zero attached hydrogens (tertiary/aromatic N) is 1. The van der Waals surface area contributed by atoms with Crippen LogP contribution < -0.4 is 4.72 Å². The third kappa shape index (κ3) is 4.74. The fourth-order valence-electron chi connectivity index (χ4n) is 3.39. The molecular formula is C20H26N2O4S2. The Labute approximate surface area is 167 Å². The molecule has 2 aromatic rings. The number of fused-ring (bicyclic) bond motifs is 1. The minimum atomic E-state index is -3.58. The number of hydrogen-bond acceptors (Lipinski definition) is 4. The van der Waals surface area contributed by atoms with E-state index in [1.54, 1.807) is 19.1 Å². The Hall–Kier alpha value is -1.90. The molecule has 1 aliphatic rings. The van der Waals surface area contributed by atoms with E-state index >= 15 is 0 Å². The van der Waals surface area contributed by atoms with Gasteiger partial charge in [0.2, 0.25) is 20.0 Å². The van der Waals surface area contributed by atoms with E-state index in [2.05, 4.69) is 4.72 Å². The highest BCUT2D eigenvalue weighted by molar-refractivity contribution is 7.91. The maximum absolute atomic E-state index is 12.7. The minimum absolute atomic E-state index is 0.0600. The molecule has 0 saturated carbocycles. The minimum Gasteiger partial charge on any atom is -0.283 e. The summed E-state index contributed by atoms with van der Waals surface area (Å²) in [7, 11) is -6.85. The summed E-state index contributed by atoms with van der Waals surface area (Å²) in [6.45, 7) is 6.19. The van der Waals surface area contributed by atoms with Gasteiger partial charge in [-0.25, -0.2) is 16.8 Å². The maximum atomic E-state index is 12.7. The van der Waals surface area contributed by atoms with Crippen LogP contribution in [0.2, 0.25) is 0 Å². The quantitative estimate of drug-likeness (QED) is 0.776. The highest BCUT2D eigenvalue weighted by Gasteiger charge is 2.25. The van der Waals surface area contributed by atoms with Crippen LogP contribution in [0.1, 0.15) is 34.7 Å². The largest absolute Gasteiger partial charge is 0.283 e. The van der Waals surface area contributed by atoms with E-state index in [0.29, 0.717) is 18.7 Å². The number of anilines is 1. The fourth-order valence-corrected chi connectivity index (χ4v) is 5.74. The number of benzene rings is 2. The van der Waals surface area contributed by atoms with Gasteiger partial charge in [-0.3, -0.25) is 4.72 Å². The van der Waals surface area contributed by atoms with Crippen molar-refractivity contribution in [1.29, 1.82) is 0 Å². The van der Waals surface area contributed by atoms with Gasteiger partial charge in [-0.1, -0.05) is 29.8 Å². The second-order valence-electron chi connectivity index (χ2n) is 7.26. The number of hydrogen-bond donors (Lipinski definition) is 1. The zero-order valence-electron chi connectivity index (χ0n) is 16.4. The van der Waals surface area contributed by atoms with Gasteiger partial charge in [0, 0.05) is 18.8 Å². The molecule has 0 fully saturated rings. The molecule has 28 heavy (non-hydrogen) atoms. The van der Waals surface area contributed by atoms with Crippen LogP contribution in [-0.4, -0.2) is 33.4 Å². The lowest BCUT2D eigenvalue weighted by atomic mass is 10.0. The number of sulfonamides is 2. The average molecular weight is 423 g/mol. The Bertz CT molecular complexity index is 1090. The van der Waals surface area contributed by atoms with Crippen LogP contribution in [0, 0.1) is 13.8 Å². The molecule has 0 amide bonds. The molecule has 8 heteroatoms. The van der Waals surface area contributed by atoms with Crippen LogP contribution in [0.4, 0.5) is 5.69 Å². The van der Waals surface area contributed by atoms with E-state index in [0.717, 1.165) is 27.8 Å². The Morgan fingerprint density at radius 1 is 1.00 bits per heavy atom. The molecule has 6 nitrogen and oxygen atoms in total. The Morgan fingerprint density at radius 2 is 1.75 bits per heavy atom. The Balaban J connectivity index is 1.80. The molecule has 3 rings (SSSR count). The topological polar surface area (TPSA) is 83.6 Å². The maximum Gasteiger partial charge on any atom is 0.236 e. The molecule has 0 atom stereocenters. The first-order chi connectivity index (χ1) is 13.1. The Kier molecular flexibility index (Phi) is 5.84. The summed E-state index contributed by atoms with van der Waals surface area (Å²) in [4.78, 5) is 0. The highest BCUT2D eigenvalue weighted by Crippen LogP contribution is 2.25. The predicted octanol–water partition coefficient (Wildman–Crippen LogP) is 2.95. The molecule has 0 aliphatic carbocycles. The molecule has 0 saturated heterocycles. The third-order valence-electron chi connectivity index (χ3n) is 5.07. The first kappa shape index (κ1) is 20.8. The van der Waals surface area contributed by atoms with Gasteiger partial charge >= 0.3 is 0 Å². The Morgan fingerprint density at radius 3 is 2.46 bits per heavy atom. The van der Waals surface area contributed by atoms with Crippen molar-refractivity contribution in [1.82, 2.24) is 4.31 Å². The van der Waals surface area contributed by atoms with E-state index in [1.165, 1.54) is 4.31 Å². The first-order valence-electron chi connectivity index (χ1n) is 9.26. The van der Waals surface area contributed by atoms with Crippen LogP contribution in [0.5, 0.6) is 0 Å². The van der Waals surface area contributed by atoms with Crippen molar-refractivity contribution >= 4 is 25.7 Å². The second kappa shape index (κ2) is 7.85. The lowest BCUT2D eigenvalue weighted by Crippen LogP contribution is -2.36. The van der Waals surface area contributed by atoms with Crippen molar-refractivity contribution in [2.24, 2.45) is 0 Å². The van der Waals surface area contributed by atoms with Crippen LogP contribution in [0.25, 0.3) is 0 Å². The normalized spacial score (nSPS) is 15.2. The standard InChI is InChI=1S/C20H26N2O4S2/c1-4-28(25,26)22-10-9-17-7-8-20(12-18(17)13-22)21-27(23,24)14-19-11-15(2)5-6-16(19)3/h5-8,11-12,21H,4,9-10,13-14H2,1-3H3. The van der Waals surface area contributed by atoms with Crippen LogP contribution in [-0.2, 0) is 38.8 Å². The van der Waals surface area contributed by atoms with Crippen LogP contribution in [0.3, 0.4) is 0 Å². The zero-order chi connectivity index (χ0) is 20.5. The summed E-state index contributed by atoms with van der Waals surface area (Å²) >= 11 is 0. The van der Waals surface area contributed by atoms with Gasteiger partial charge in [0.1, 0.15) is 0 Å². The van der Waals surface area contributed by atoms with Gasteiger partial charge in [-0.05, 0) is 61.6 Å². The number of rotatable bonds is 6. The summed E-state index contributed by atoms with van der Waals surface area (Å²) in [6, 6.07) is 11.1. The van der Waals surface area contributed by atoms with Crippen molar-refractivity contribution in [3.63, 3.8) is 0 Å². The van der Waals surface area contributed by atoms with Gasteiger partial charge < -0.3 is 0 Å². The summed E-state index contributed by atoms with van der Waals surface area (Å²) in [6.07, 6.45) is 0.629. The van der Waals surface area contributed by atoms with E-state index < -0.39 is 20.0 Å². The summed E-state index contributed by atoms with van der Waals surface area (Å²) in [5, 5.41) is 0. The van der Waals surface area contributed by atoms with Crippen molar-refractivity contribution < 1.29 is 16.8 Å². The van der Waals surface area contributed by atoms with E-state index in [9.17, 15) is 16.8 Å². The van der Waals surface area contributed by atoms with E-state index in [1.807, 2.05) is 38.1 Å². The van der Waals surface area contributed by atoms with Crippen molar-refractivity contribution in [3.8, 4) is 0 Å². The molecule has 1 aliphatic heterocycles.